The van der Waals surface area contributed by atoms with E-state index in [0.29, 0.717) is 6.42 Å². The van der Waals surface area contributed by atoms with Crippen molar-refractivity contribution in [1.82, 2.24) is 9.78 Å². The molecule has 0 bridgehead atoms. The van der Waals surface area contributed by atoms with Gasteiger partial charge in [-0.05, 0) is 37.1 Å². The van der Waals surface area contributed by atoms with Crippen molar-refractivity contribution in [2.24, 2.45) is 7.05 Å². The van der Waals surface area contributed by atoms with Crippen LogP contribution >= 0.6 is 15.9 Å². The van der Waals surface area contributed by atoms with Crippen LogP contribution in [0.1, 0.15) is 28.6 Å². The monoisotopic (exact) mass is 308 g/mol. The maximum atomic E-state index is 10.3. The predicted molar refractivity (Wildman–Crippen MR) is 75.5 cm³/mol. The summed E-state index contributed by atoms with van der Waals surface area (Å²) in [5, 5.41) is 14.5. The van der Waals surface area contributed by atoms with Crippen molar-refractivity contribution in [3.8, 4) is 0 Å². The van der Waals surface area contributed by atoms with Crippen LogP contribution in [0.2, 0.25) is 0 Å². The molecule has 4 heteroatoms. The summed E-state index contributed by atoms with van der Waals surface area (Å²) in [6, 6.07) is 7.96. The molecule has 1 aromatic carbocycles. The second-order valence-corrected chi connectivity index (χ2v) is 5.48. The van der Waals surface area contributed by atoms with Crippen molar-refractivity contribution in [2.75, 3.05) is 0 Å². The molecule has 1 atom stereocenters. The van der Waals surface area contributed by atoms with Crippen LogP contribution in [0, 0.1) is 13.8 Å². The summed E-state index contributed by atoms with van der Waals surface area (Å²) in [6.07, 6.45) is 0.0732. The Morgan fingerprint density at radius 1 is 1.33 bits per heavy atom. The lowest BCUT2D eigenvalue weighted by molar-refractivity contribution is 0.175. The molecule has 0 spiro atoms. The van der Waals surface area contributed by atoms with E-state index in [1.54, 1.807) is 0 Å². The molecule has 2 rings (SSSR count). The van der Waals surface area contributed by atoms with Crippen LogP contribution in [0.5, 0.6) is 0 Å². The van der Waals surface area contributed by atoms with Gasteiger partial charge in [-0.1, -0.05) is 28.1 Å². The lowest BCUT2D eigenvalue weighted by atomic mass is 10.0. The van der Waals surface area contributed by atoms with E-state index in [2.05, 4.69) is 21.0 Å². The van der Waals surface area contributed by atoms with Crippen LogP contribution in [0.15, 0.2) is 28.7 Å². The highest BCUT2D eigenvalue weighted by molar-refractivity contribution is 9.10. The molecule has 18 heavy (non-hydrogen) atoms. The summed E-state index contributed by atoms with van der Waals surface area (Å²) < 4.78 is 2.85. The molecular weight excluding hydrogens is 292 g/mol. The van der Waals surface area contributed by atoms with E-state index in [1.165, 1.54) is 5.56 Å². The second kappa shape index (κ2) is 5.24. The van der Waals surface area contributed by atoms with E-state index in [4.69, 9.17) is 0 Å². The van der Waals surface area contributed by atoms with E-state index in [9.17, 15) is 5.11 Å². The van der Waals surface area contributed by atoms with Gasteiger partial charge in [-0.2, -0.15) is 5.10 Å². The molecule has 1 unspecified atom stereocenters. The highest BCUT2D eigenvalue weighted by atomic mass is 79.9. The molecule has 1 N–H and O–H groups in total. The fraction of sp³-hybridized carbons (Fsp3) is 0.357. The molecule has 3 nitrogen and oxygen atoms in total. The maximum absolute atomic E-state index is 10.3. The zero-order valence-electron chi connectivity index (χ0n) is 10.8. The third-order valence-corrected chi connectivity index (χ3v) is 3.94. The smallest absolute Gasteiger partial charge is 0.0845 e. The molecule has 0 saturated carbocycles. The molecule has 0 fully saturated rings. The van der Waals surface area contributed by atoms with Crippen molar-refractivity contribution >= 4 is 15.9 Å². The lowest BCUT2D eigenvalue weighted by Crippen LogP contribution is -2.06. The van der Waals surface area contributed by atoms with E-state index in [-0.39, 0.29) is 0 Å². The van der Waals surface area contributed by atoms with Crippen LogP contribution in [0.4, 0.5) is 0 Å². The minimum atomic E-state index is -0.503. The Kier molecular flexibility index (Phi) is 3.88. The van der Waals surface area contributed by atoms with Gasteiger partial charge in [0.2, 0.25) is 0 Å². The fourth-order valence-corrected chi connectivity index (χ4v) is 2.38. The summed E-state index contributed by atoms with van der Waals surface area (Å²) >= 11 is 3.49. The first-order valence-electron chi connectivity index (χ1n) is 5.91. The molecule has 0 saturated heterocycles. The molecule has 1 aromatic heterocycles. The minimum absolute atomic E-state index is 0.503. The van der Waals surface area contributed by atoms with Crippen LogP contribution in [-0.4, -0.2) is 14.9 Å². The molecule has 0 aliphatic heterocycles. The first kappa shape index (κ1) is 13.3. The van der Waals surface area contributed by atoms with Gasteiger partial charge in [0.15, 0.2) is 0 Å². The van der Waals surface area contributed by atoms with Gasteiger partial charge in [-0.25, -0.2) is 0 Å². The van der Waals surface area contributed by atoms with Crippen LogP contribution in [0.25, 0.3) is 0 Å². The number of nitrogens with zero attached hydrogens (tertiary/aromatic N) is 2. The number of rotatable bonds is 3. The zero-order valence-corrected chi connectivity index (χ0v) is 12.4. The number of aliphatic hydroxyl groups is 1. The first-order valence-corrected chi connectivity index (χ1v) is 6.70. The third kappa shape index (κ3) is 2.82. The molecule has 0 amide bonds. The number of hydrogen-bond donors (Lipinski definition) is 1. The normalized spacial score (nSPS) is 12.7. The fourth-order valence-electron chi connectivity index (χ4n) is 1.99. The number of hydrogen-bond acceptors (Lipinski definition) is 2. The average molecular weight is 309 g/mol. The van der Waals surface area contributed by atoms with Gasteiger partial charge in [0, 0.05) is 23.6 Å². The van der Waals surface area contributed by atoms with Crippen molar-refractivity contribution in [3.05, 3.63) is 51.3 Å². The Hall–Kier alpha value is -1.13. The molecule has 1 heterocycles. The number of benzene rings is 1. The SMILES string of the molecule is Cc1cc(CC(O)c2ccc(C)c(Br)c2)n(C)n1. The third-order valence-electron chi connectivity index (χ3n) is 3.08. The first-order chi connectivity index (χ1) is 8.47. The van der Waals surface area contributed by atoms with Gasteiger partial charge in [0.25, 0.3) is 0 Å². The van der Waals surface area contributed by atoms with E-state index in [1.807, 2.05) is 49.8 Å². The van der Waals surface area contributed by atoms with Crippen molar-refractivity contribution in [1.29, 1.82) is 0 Å². The van der Waals surface area contributed by atoms with Crippen molar-refractivity contribution in [2.45, 2.75) is 26.4 Å². The molecule has 96 valence electrons. The standard InChI is InChI=1S/C14H17BrN2O/c1-9-4-5-11(7-13(9)15)14(18)8-12-6-10(2)16-17(12)3/h4-7,14,18H,8H2,1-3H3. The average Bonchev–Trinajstić information content (AvgIpc) is 2.61. The largest absolute Gasteiger partial charge is 0.388 e. The second-order valence-electron chi connectivity index (χ2n) is 4.63. The molecule has 0 radical (unpaired) electrons. The van der Waals surface area contributed by atoms with Crippen LogP contribution in [0.3, 0.4) is 0 Å². The van der Waals surface area contributed by atoms with E-state index in [0.717, 1.165) is 21.4 Å². The number of aryl methyl sites for hydroxylation is 3. The predicted octanol–water partition coefficient (Wildman–Crippen LogP) is 3.08. The van der Waals surface area contributed by atoms with Gasteiger partial charge in [0.05, 0.1) is 11.8 Å². The molecule has 0 aliphatic rings. The van der Waals surface area contributed by atoms with E-state index >= 15 is 0 Å². The lowest BCUT2D eigenvalue weighted by Gasteiger charge is -2.12. The van der Waals surface area contributed by atoms with Gasteiger partial charge in [0.1, 0.15) is 0 Å². The van der Waals surface area contributed by atoms with Gasteiger partial charge >= 0.3 is 0 Å². The Morgan fingerprint density at radius 2 is 2.06 bits per heavy atom. The van der Waals surface area contributed by atoms with Crippen molar-refractivity contribution < 1.29 is 5.11 Å². The van der Waals surface area contributed by atoms with Gasteiger partial charge in [-0.3, -0.25) is 4.68 Å². The highest BCUT2D eigenvalue weighted by Gasteiger charge is 2.12. The number of aromatic nitrogens is 2. The number of aliphatic hydroxyl groups excluding tert-OH is 1. The quantitative estimate of drug-likeness (QED) is 0.946. The summed E-state index contributed by atoms with van der Waals surface area (Å²) in [6.45, 7) is 3.99. The summed E-state index contributed by atoms with van der Waals surface area (Å²) in [5.74, 6) is 0. The van der Waals surface area contributed by atoms with Crippen LogP contribution < -0.4 is 0 Å². The Bertz CT molecular complexity index is 563. The Balaban J connectivity index is 2.19. The van der Waals surface area contributed by atoms with Gasteiger partial charge < -0.3 is 5.11 Å². The Labute approximate surface area is 116 Å². The van der Waals surface area contributed by atoms with E-state index < -0.39 is 6.10 Å². The molecular formula is C14H17BrN2O. The highest BCUT2D eigenvalue weighted by Crippen LogP contribution is 2.24. The summed E-state index contributed by atoms with van der Waals surface area (Å²) in [4.78, 5) is 0. The topological polar surface area (TPSA) is 38.0 Å². The maximum Gasteiger partial charge on any atom is 0.0845 e. The molecule has 2 aromatic rings. The van der Waals surface area contributed by atoms with Crippen molar-refractivity contribution in [3.63, 3.8) is 0 Å². The summed E-state index contributed by atoms with van der Waals surface area (Å²) in [5.41, 5.74) is 4.11. The Morgan fingerprint density at radius 3 is 2.61 bits per heavy atom. The number of halogens is 1. The zero-order chi connectivity index (χ0) is 13.3. The minimum Gasteiger partial charge on any atom is -0.388 e. The molecule has 0 aliphatic carbocycles. The summed E-state index contributed by atoms with van der Waals surface area (Å²) in [7, 11) is 1.90. The van der Waals surface area contributed by atoms with Gasteiger partial charge in [-0.15, -0.1) is 0 Å². The van der Waals surface area contributed by atoms with Crippen LogP contribution in [-0.2, 0) is 13.5 Å².